The van der Waals surface area contributed by atoms with Gasteiger partial charge in [-0.25, -0.2) is 4.98 Å². The zero-order valence-electron chi connectivity index (χ0n) is 12.1. The van der Waals surface area contributed by atoms with Crippen LogP contribution in [0.15, 0.2) is 24.4 Å². The van der Waals surface area contributed by atoms with Crippen LogP contribution in [0, 0.1) is 5.92 Å². The largest absolute Gasteiger partial charge is 0.454 e. The minimum Gasteiger partial charge on any atom is -0.454 e. The summed E-state index contributed by atoms with van der Waals surface area (Å²) in [5.41, 5.74) is 0. The van der Waals surface area contributed by atoms with Crippen LogP contribution in [-0.4, -0.2) is 43.4 Å². The van der Waals surface area contributed by atoms with E-state index in [4.69, 9.17) is 9.47 Å². The molecule has 0 bridgehead atoms. The number of hydrogen-bond donors (Lipinski definition) is 1. The first kappa shape index (κ1) is 12.7. The maximum absolute atomic E-state index is 5.47. The zero-order valence-corrected chi connectivity index (χ0v) is 12.1. The molecule has 1 aromatic carbocycles. The van der Waals surface area contributed by atoms with Crippen LogP contribution in [-0.2, 0) is 0 Å². The Morgan fingerprint density at radius 1 is 1.33 bits per heavy atom. The number of pyridine rings is 1. The van der Waals surface area contributed by atoms with Crippen molar-refractivity contribution in [2.24, 2.45) is 5.92 Å². The summed E-state index contributed by atoms with van der Waals surface area (Å²) in [4.78, 5) is 6.87. The molecule has 3 heterocycles. The third-order valence-corrected chi connectivity index (χ3v) is 4.30. The Morgan fingerprint density at radius 2 is 2.19 bits per heavy atom. The normalized spacial score (nSPS) is 21.1. The van der Waals surface area contributed by atoms with Crippen LogP contribution in [0.5, 0.6) is 11.5 Å². The van der Waals surface area contributed by atoms with Gasteiger partial charge in [0.2, 0.25) is 6.79 Å². The number of hydrogen-bond acceptors (Lipinski definition) is 5. The zero-order chi connectivity index (χ0) is 14.2. The molecule has 2 aliphatic heterocycles. The van der Waals surface area contributed by atoms with Gasteiger partial charge in [0.25, 0.3) is 0 Å². The van der Waals surface area contributed by atoms with Gasteiger partial charge in [-0.1, -0.05) is 0 Å². The van der Waals surface area contributed by atoms with Crippen molar-refractivity contribution >= 4 is 16.6 Å². The van der Waals surface area contributed by atoms with Crippen LogP contribution in [0.1, 0.15) is 6.42 Å². The van der Waals surface area contributed by atoms with Crippen molar-refractivity contribution in [1.29, 1.82) is 0 Å². The second-order valence-corrected chi connectivity index (χ2v) is 5.88. The molecule has 0 saturated carbocycles. The average molecular weight is 285 g/mol. The summed E-state index contributed by atoms with van der Waals surface area (Å²) in [5, 5.41) is 5.72. The van der Waals surface area contributed by atoms with Crippen molar-refractivity contribution in [2.45, 2.75) is 6.42 Å². The Hall–Kier alpha value is -2.01. The number of benzene rings is 1. The molecule has 4 rings (SSSR count). The van der Waals surface area contributed by atoms with Gasteiger partial charge in [-0.2, -0.15) is 0 Å². The van der Waals surface area contributed by atoms with E-state index in [2.05, 4.69) is 22.2 Å². The van der Waals surface area contributed by atoms with Crippen LogP contribution in [0.4, 0.5) is 5.82 Å². The molecule has 1 unspecified atom stereocenters. The average Bonchev–Trinajstić information content (AvgIpc) is 3.11. The predicted molar refractivity (Wildman–Crippen MR) is 82.0 cm³/mol. The molecule has 110 valence electrons. The maximum atomic E-state index is 5.47. The highest BCUT2D eigenvalue weighted by atomic mass is 16.7. The fourth-order valence-corrected chi connectivity index (χ4v) is 3.14. The van der Waals surface area contributed by atoms with Gasteiger partial charge in [0.1, 0.15) is 5.82 Å². The molecule has 1 fully saturated rings. The van der Waals surface area contributed by atoms with Crippen molar-refractivity contribution in [3.8, 4) is 11.5 Å². The first-order chi connectivity index (χ1) is 10.3. The van der Waals surface area contributed by atoms with Crippen molar-refractivity contribution in [3.63, 3.8) is 0 Å². The minimum atomic E-state index is 0.302. The van der Waals surface area contributed by atoms with Crippen LogP contribution < -0.4 is 14.8 Å². The first-order valence-corrected chi connectivity index (χ1v) is 7.40. The quantitative estimate of drug-likeness (QED) is 0.938. The van der Waals surface area contributed by atoms with Crippen LogP contribution in [0.2, 0.25) is 0 Å². The molecule has 0 aliphatic carbocycles. The highest BCUT2D eigenvalue weighted by molar-refractivity contribution is 5.94. The number of aromatic nitrogens is 1. The topological polar surface area (TPSA) is 46.6 Å². The Labute approximate surface area is 123 Å². The smallest absolute Gasteiger partial charge is 0.231 e. The van der Waals surface area contributed by atoms with Gasteiger partial charge >= 0.3 is 0 Å². The lowest BCUT2D eigenvalue weighted by molar-refractivity contribution is 0.174. The number of nitrogens with zero attached hydrogens (tertiary/aromatic N) is 2. The van der Waals surface area contributed by atoms with Gasteiger partial charge in [0.15, 0.2) is 11.5 Å². The van der Waals surface area contributed by atoms with Gasteiger partial charge < -0.3 is 19.7 Å². The molecule has 5 heteroatoms. The number of ether oxygens (including phenoxy) is 2. The summed E-state index contributed by atoms with van der Waals surface area (Å²) >= 11 is 0. The second-order valence-electron chi connectivity index (χ2n) is 5.88. The van der Waals surface area contributed by atoms with Gasteiger partial charge in [0.05, 0.1) is 0 Å². The van der Waals surface area contributed by atoms with Gasteiger partial charge in [-0.15, -0.1) is 0 Å². The summed E-state index contributed by atoms with van der Waals surface area (Å²) < 4.78 is 10.9. The number of anilines is 1. The summed E-state index contributed by atoms with van der Waals surface area (Å²) in [6.45, 7) is 3.61. The highest BCUT2D eigenvalue weighted by Crippen LogP contribution is 2.37. The Kier molecular flexibility index (Phi) is 3.07. The van der Waals surface area contributed by atoms with E-state index < -0.39 is 0 Å². The summed E-state index contributed by atoms with van der Waals surface area (Å²) in [5.74, 6) is 3.25. The molecule has 21 heavy (non-hydrogen) atoms. The van der Waals surface area contributed by atoms with E-state index in [0.717, 1.165) is 41.2 Å². The molecule has 0 amide bonds. The van der Waals surface area contributed by atoms with Crippen molar-refractivity contribution in [2.75, 3.05) is 38.8 Å². The predicted octanol–water partition coefficient (Wildman–Crippen LogP) is 2.33. The van der Waals surface area contributed by atoms with Gasteiger partial charge in [-0.3, -0.25) is 0 Å². The third kappa shape index (κ3) is 2.38. The minimum absolute atomic E-state index is 0.302. The molecular weight excluding hydrogens is 266 g/mol. The monoisotopic (exact) mass is 285 g/mol. The Morgan fingerprint density at radius 3 is 3.00 bits per heavy atom. The molecule has 5 nitrogen and oxygen atoms in total. The lowest BCUT2D eigenvalue weighted by Crippen LogP contribution is -2.19. The summed E-state index contributed by atoms with van der Waals surface area (Å²) in [6, 6.07) is 6.05. The fourth-order valence-electron chi connectivity index (χ4n) is 3.14. The van der Waals surface area contributed by atoms with Gasteiger partial charge in [0, 0.05) is 24.7 Å². The Bertz CT molecular complexity index is 674. The molecule has 2 aliphatic rings. The van der Waals surface area contributed by atoms with Crippen LogP contribution in [0.25, 0.3) is 10.8 Å². The van der Waals surface area contributed by atoms with E-state index in [9.17, 15) is 0 Å². The molecule has 0 radical (unpaired) electrons. The van der Waals surface area contributed by atoms with E-state index in [-0.39, 0.29) is 0 Å². The van der Waals surface area contributed by atoms with Crippen LogP contribution >= 0.6 is 0 Å². The molecule has 2 aromatic rings. The Balaban J connectivity index is 1.59. The summed E-state index contributed by atoms with van der Waals surface area (Å²) in [7, 11) is 2.18. The van der Waals surface area contributed by atoms with Crippen molar-refractivity contribution < 1.29 is 9.47 Å². The molecule has 1 atom stereocenters. The maximum Gasteiger partial charge on any atom is 0.231 e. The number of likely N-dealkylation sites (tertiary alicyclic amines) is 1. The second kappa shape index (κ2) is 5.07. The number of nitrogens with one attached hydrogen (secondary N) is 1. The summed E-state index contributed by atoms with van der Waals surface area (Å²) in [6.07, 6.45) is 3.09. The SMILES string of the molecule is CN1CCC(CNc2nccc3cc4c(cc23)OCO4)C1. The fraction of sp³-hybridized carbons (Fsp3) is 0.438. The van der Waals surface area contributed by atoms with Crippen molar-refractivity contribution in [3.05, 3.63) is 24.4 Å². The molecule has 1 aromatic heterocycles. The van der Waals surface area contributed by atoms with E-state index in [1.807, 2.05) is 24.4 Å². The number of rotatable bonds is 3. The first-order valence-electron chi connectivity index (χ1n) is 7.40. The standard InChI is InChI=1S/C16H19N3O2/c1-19-5-3-11(9-19)8-18-16-13-7-15-14(20-10-21-15)6-12(13)2-4-17-16/h2,4,6-7,11H,3,5,8-10H2,1H3,(H,17,18). The highest BCUT2D eigenvalue weighted by Gasteiger charge is 2.20. The van der Waals surface area contributed by atoms with E-state index in [1.165, 1.54) is 13.0 Å². The van der Waals surface area contributed by atoms with Crippen LogP contribution in [0.3, 0.4) is 0 Å². The molecule has 0 spiro atoms. The lowest BCUT2D eigenvalue weighted by Gasteiger charge is -2.13. The molecular formula is C16H19N3O2. The van der Waals surface area contributed by atoms with Gasteiger partial charge in [-0.05, 0) is 49.5 Å². The number of fused-ring (bicyclic) bond motifs is 2. The molecule has 1 N–H and O–H groups in total. The van der Waals surface area contributed by atoms with Crippen molar-refractivity contribution in [1.82, 2.24) is 9.88 Å². The van der Waals surface area contributed by atoms with E-state index >= 15 is 0 Å². The lowest BCUT2D eigenvalue weighted by atomic mass is 10.1. The van der Waals surface area contributed by atoms with E-state index in [1.54, 1.807) is 0 Å². The van der Waals surface area contributed by atoms with E-state index in [0.29, 0.717) is 12.7 Å². The molecule has 1 saturated heterocycles. The third-order valence-electron chi connectivity index (χ3n) is 4.30.